The Kier molecular flexibility index (Phi) is 5.08. The number of ether oxygens (including phenoxy) is 2. The fraction of sp³-hybridized carbons (Fsp3) is 0.625. The second kappa shape index (κ2) is 6.80. The van der Waals surface area contributed by atoms with Gasteiger partial charge in [0.05, 0.1) is 13.2 Å². The van der Waals surface area contributed by atoms with Crippen molar-refractivity contribution in [3.63, 3.8) is 0 Å². The van der Waals surface area contributed by atoms with Crippen molar-refractivity contribution in [3.8, 4) is 11.5 Å². The van der Waals surface area contributed by atoms with Gasteiger partial charge in [0.15, 0.2) is 11.5 Å². The normalized spacial score (nSPS) is 17.4. The molecule has 0 bridgehead atoms. The zero-order valence-electron chi connectivity index (χ0n) is 12.0. The highest BCUT2D eigenvalue weighted by Gasteiger charge is 2.18. The van der Waals surface area contributed by atoms with Crippen LogP contribution in [0.15, 0.2) is 18.2 Å². The standard InChI is InChI=1S/C16H25NO2/c1-3-13(17)10-12-8-9-15(18-2)16(11-12)19-14-6-4-5-7-14/h8-9,11,13-14H,3-7,10,17H2,1-2H3. The molecule has 1 aliphatic carbocycles. The molecule has 3 nitrogen and oxygen atoms in total. The number of methoxy groups -OCH3 is 1. The molecule has 0 heterocycles. The van der Waals surface area contributed by atoms with E-state index in [2.05, 4.69) is 19.1 Å². The third-order valence-corrected chi connectivity index (χ3v) is 3.85. The van der Waals surface area contributed by atoms with E-state index in [1.165, 1.54) is 18.4 Å². The largest absolute Gasteiger partial charge is 0.493 e. The minimum atomic E-state index is 0.215. The van der Waals surface area contributed by atoms with E-state index in [4.69, 9.17) is 15.2 Å². The summed E-state index contributed by atoms with van der Waals surface area (Å²) in [6.07, 6.45) is 7.08. The lowest BCUT2D eigenvalue weighted by Crippen LogP contribution is -2.21. The number of hydrogen-bond donors (Lipinski definition) is 1. The quantitative estimate of drug-likeness (QED) is 0.856. The van der Waals surface area contributed by atoms with E-state index in [1.54, 1.807) is 7.11 Å². The molecule has 0 radical (unpaired) electrons. The van der Waals surface area contributed by atoms with Crippen LogP contribution in [0.3, 0.4) is 0 Å². The molecule has 3 heteroatoms. The van der Waals surface area contributed by atoms with Crippen LogP contribution in [0.5, 0.6) is 11.5 Å². The highest BCUT2D eigenvalue weighted by Crippen LogP contribution is 2.32. The van der Waals surface area contributed by atoms with E-state index in [0.717, 1.165) is 37.2 Å². The molecule has 1 aliphatic rings. The molecule has 0 amide bonds. The molecule has 1 atom stereocenters. The Labute approximate surface area is 116 Å². The van der Waals surface area contributed by atoms with Gasteiger partial charge in [-0.05, 0) is 56.2 Å². The van der Waals surface area contributed by atoms with E-state index in [9.17, 15) is 0 Å². The van der Waals surface area contributed by atoms with Gasteiger partial charge in [0.2, 0.25) is 0 Å². The Morgan fingerprint density at radius 3 is 2.63 bits per heavy atom. The van der Waals surface area contributed by atoms with Crippen molar-refractivity contribution in [2.75, 3.05) is 7.11 Å². The van der Waals surface area contributed by atoms with Crippen LogP contribution in [0.1, 0.15) is 44.6 Å². The molecule has 1 aromatic rings. The monoisotopic (exact) mass is 263 g/mol. The predicted molar refractivity (Wildman–Crippen MR) is 77.8 cm³/mol. The van der Waals surface area contributed by atoms with Gasteiger partial charge >= 0.3 is 0 Å². The zero-order chi connectivity index (χ0) is 13.7. The lowest BCUT2D eigenvalue weighted by molar-refractivity contribution is 0.200. The number of benzene rings is 1. The first-order chi connectivity index (χ1) is 9.22. The number of hydrogen-bond acceptors (Lipinski definition) is 3. The van der Waals surface area contributed by atoms with E-state index < -0.39 is 0 Å². The van der Waals surface area contributed by atoms with Gasteiger partial charge in [-0.1, -0.05) is 13.0 Å². The molecular weight excluding hydrogens is 238 g/mol. The van der Waals surface area contributed by atoms with Crippen molar-refractivity contribution in [1.82, 2.24) is 0 Å². The van der Waals surface area contributed by atoms with Crippen LogP contribution in [-0.2, 0) is 6.42 Å². The first kappa shape index (κ1) is 14.2. The Morgan fingerprint density at radius 2 is 2.00 bits per heavy atom. The van der Waals surface area contributed by atoms with Gasteiger partial charge in [0.1, 0.15) is 0 Å². The highest BCUT2D eigenvalue weighted by atomic mass is 16.5. The van der Waals surface area contributed by atoms with Crippen molar-refractivity contribution in [3.05, 3.63) is 23.8 Å². The van der Waals surface area contributed by atoms with Crippen LogP contribution in [0.25, 0.3) is 0 Å². The van der Waals surface area contributed by atoms with Crippen LogP contribution in [0.4, 0.5) is 0 Å². The summed E-state index contributed by atoms with van der Waals surface area (Å²) in [6, 6.07) is 6.37. The maximum Gasteiger partial charge on any atom is 0.161 e. The smallest absolute Gasteiger partial charge is 0.161 e. The summed E-state index contributed by atoms with van der Waals surface area (Å²) >= 11 is 0. The minimum Gasteiger partial charge on any atom is -0.493 e. The van der Waals surface area contributed by atoms with Crippen LogP contribution in [-0.4, -0.2) is 19.3 Å². The number of rotatable bonds is 6. The SMILES string of the molecule is CCC(N)Cc1ccc(OC)c(OC2CCCC2)c1. The molecule has 1 unspecified atom stereocenters. The Morgan fingerprint density at radius 1 is 1.26 bits per heavy atom. The summed E-state index contributed by atoms with van der Waals surface area (Å²) in [5, 5.41) is 0. The van der Waals surface area contributed by atoms with Crippen LogP contribution in [0, 0.1) is 0 Å². The van der Waals surface area contributed by atoms with Gasteiger partial charge in [-0.15, -0.1) is 0 Å². The average Bonchev–Trinajstić information content (AvgIpc) is 2.92. The van der Waals surface area contributed by atoms with E-state index in [1.807, 2.05) is 6.07 Å². The maximum atomic E-state index is 6.09. The van der Waals surface area contributed by atoms with Crippen LogP contribution >= 0.6 is 0 Å². The second-order valence-corrected chi connectivity index (χ2v) is 5.38. The Bertz CT molecular complexity index is 400. The van der Waals surface area contributed by atoms with Gasteiger partial charge in [-0.2, -0.15) is 0 Å². The van der Waals surface area contributed by atoms with Crippen molar-refractivity contribution in [2.45, 2.75) is 57.6 Å². The zero-order valence-corrected chi connectivity index (χ0v) is 12.0. The van der Waals surface area contributed by atoms with E-state index in [-0.39, 0.29) is 6.04 Å². The summed E-state index contributed by atoms with van der Waals surface area (Å²) in [6.45, 7) is 2.12. The van der Waals surface area contributed by atoms with Gasteiger partial charge in [-0.3, -0.25) is 0 Å². The van der Waals surface area contributed by atoms with Crippen molar-refractivity contribution in [2.24, 2.45) is 5.73 Å². The minimum absolute atomic E-state index is 0.215. The van der Waals surface area contributed by atoms with Gasteiger partial charge in [-0.25, -0.2) is 0 Å². The molecule has 19 heavy (non-hydrogen) atoms. The third kappa shape index (κ3) is 3.87. The number of nitrogens with two attached hydrogens (primary N) is 1. The molecule has 0 aliphatic heterocycles. The van der Waals surface area contributed by atoms with Crippen LogP contribution in [0.2, 0.25) is 0 Å². The molecule has 0 aromatic heterocycles. The first-order valence-corrected chi connectivity index (χ1v) is 7.32. The maximum absolute atomic E-state index is 6.09. The molecule has 1 fully saturated rings. The molecule has 0 spiro atoms. The van der Waals surface area contributed by atoms with Crippen molar-refractivity contribution >= 4 is 0 Å². The highest BCUT2D eigenvalue weighted by molar-refractivity contribution is 5.43. The topological polar surface area (TPSA) is 44.5 Å². The lowest BCUT2D eigenvalue weighted by Gasteiger charge is -2.17. The predicted octanol–water partition coefficient (Wildman–Crippen LogP) is 3.30. The van der Waals surface area contributed by atoms with Gasteiger partial charge in [0, 0.05) is 6.04 Å². The molecule has 2 N–H and O–H groups in total. The van der Waals surface area contributed by atoms with Gasteiger partial charge < -0.3 is 15.2 Å². The van der Waals surface area contributed by atoms with Crippen molar-refractivity contribution in [1.29, 1.82) is 0 Å². The molecule has 1 saturated carbocycles. The van der Waals surface area contributed by atoms with Crippen molar-refractivity contribution < 1.29 is 9.47 Å². The summed E-state index contributed by atoms with van der Waals surface area (Å²) in [5.74, 6) is 1.69. The Balaban J connectivity index is 2.10. The van der Waals surface area contributed by atoms with Crippen LogP contribution < -0.4 is 15.2 Å². The molecule has 2 rings (SSSR count). The molecule has 0 saturated heterocycles. The third-order valence-electron chi connectivity index (χ3n) is 3.85. The summed E-state index contributed by atoms with van der Waals surface area (Å²) in [5.41, 5.74) is 7.24. The first-order valence-electron chi connectivity index (χ1n) is 7.32. The fourth-order valence-corrected chi connectivity index (χ4v) is 2.57. The molecular formula is C16H25NO2. The second-order valence-electron chi connectivity index (χ2n) is 5.38. The summed E-state index contributed by atoms with van der Waals surface area (Å²) < 4.78 is 11.5. The van der Waals surface area contributed by atoms with Gasteiger partial charge in [0.25, 0.3) is 0 Å². The summed E-state index contributed by atoms with van der Waals surface area (Å²) in [4.78, 5) is 0. The fourth-order valence-electron chi connectivity index (χ4n) is 2.57. The lowest BCUT2D eigenvalue weighted by atomic mass is 10.0. The average molecular weight is 263 g/mol. The van der Waals surface area contributed by atoms with E-state index >= 15 is 0 Å². The summed E-state index contributed by atoms with van der Waals surface area (Å²) in [7, 11) is 1.69. The Hall–Kier alpha value is -1.22. The molecule has 1 aromatic carbocycles. The van der Waals surface area contributed by atoms with E-state index in [0.29, 0.717) is 6.10 Å². The molecule has 106 valence electrons.